The van der Waals surface area contributed by atoms with Crippen LogP contribution >= 0.6 is 7.37 Å². The van der Waals surface area contributed by atoms with Crippen LogP contribution in [0.25, 0.3) is 0 Å². The summed E-state index contributed by atoms with van der Waals surface area (Å²) in [6, 6.07) is 1.36. The van der Waals surface area contributed by atoms with E-state index in [1.54, 1.807) is 0 Å². The van der Waals surface area contributed by atoms with Gasteiger partial charge in [-0.15, -0.1) is 0 Å². The van der Waals surface area contributed by atoms with E-state index in [2.05, 4.69) is 4.98 Å². The van der Waals surface area contributed by atoms with Crippen molar-refractivity contribution >= 4 is 13.2 Å². The topological polar surface area (TPSA) is 157 Å². The van der Waals surface area contributed by atoms with Crippen LogP contribution in [0, 0.1) is 0 Å². The molecule has 1 fully saturated rings. The lowest BCUT2D eigenvalue weighted by Crippen LogP contribution is -2.48. The van der Waals surface area contributed by atoms with Crippen molar-refractivity contribution in [3.8, 4) is 0 Å². The lowest BCUT2D eigenvalue weighted by atomic mass is 10.0. The molecule has 2 heterocycles. The Morgan fingerprint density at radius 1 is 1.57 bits per heavy atom. The summed E-state index contributed by atoms with van der Waals surface area (Å²) in [4.78, 5) is 24.7. The Hall–Kier alpha value is -1.29. The van der Waals surface area contributed by atoms with E-state index in [1.807, 2.05) is 0 Å². The predicted octanol–water partition coefficient (Wildman–Crippen LogP) is -1.51. The zero-order valence-corrected chi connectivity index (χ0v) is 13.6. The fourth-order valence-electron chi connectivity index (χ4n) is 2.39. The Kier molecular flexibility index (Phi) is 4.95. The Morgan fingerprint density at radius 3 is 2.78 bits per heavy atom. The first-order valence-electron chi connectivity index (χ1n) is 6.81. The van der Waals surface area contributed by atoms with Gasteiger partial charge >= 0.3 is 5.69 Å². The van der Waals surface area contributed by atoms with E-state index in [4.69, 9.17) is 20.1 Å². The van der Waals surface area contributed by atoms with Crippen LogP contribution < -0.4 is 11.4 Å². The van der Waals surface area contributed by atoms with Crippen molar-refractivity contribution in [2.75, 3.05) is 25.4 Å². The molecule has 0 spiro atoms. The predicted molar refractivity (Wildman–Crippen MR) is 80.0 cm³/mol. The number of hydrogen-bond acceptors (Lipinski definition) is 8. The fraction of sp³-hybridized carbons (Fsp3) is 0.667. The van der Waals surface area contributed by atoms with Crippen molar-refractivity contribution in [1.82, 2.24) is 9.55 Å². The third-order valence-electron chi connectivity index (χ3n) is 3.56. The van der Waals surface area contributed by atoms with E-state index in [0.717, 1.165) is 11.2 Å². The molecule has 0 aliphatic carbocycles. The van der Waals surface area contributed by atoms with E-state index in [-0.39, 0.29) is 12.4 Å². The summed E-state index contributed by atoms with van der Waals surface area (Å²) in [6.07, 6.45) is -2.86. The number of rotatable bonds is 5. The highest BCUT2D eigenvalue weighted by Gasteiger charge is 2.53. The molecule has 0 amide bonds. The lowest BCUT2D eigenvalue weighted by molar-refractivity contribution is -0.140. The lowest BCUT2D eigenvalue weighted by Gasteiger charge is -2.29. The van der Waals surface area contributed by atoms with Gasteiger partial charge in [-0.1, -0.05) is 0 Å². The Balaban J connectivity index is 2.18. The van der Waals surface area contributed by atoms with Gasteiger partial charge in [0.25, 0.3) is 0 Å². The second kappa shape index (κ2) is 6.31. The molecule has 0 aromatic carbocycles. The van der Waals surface area contributed by atoms with Crippen molar-refractivity contribution in [3.63, 3.8) is 0 Å². The summed E-state index contributed by atoms with van der Waals surface area (Å²) in [6.45, 7) is 2.33. The first-order valence-corrected chi connectivity index (χ1v) is 9.10. The fourth-order valence-corrected chi connectivity index (χ4v) is 2.83. The Morgan fingerprint density at radius 2 is 2.22 bits per heavy atom. The summed E-state index contributed by atoms with van der Waals surface area (Å²) in [7, 11) is -3.36. The zero-order chi connectivity index (χ0) is 17.4. The van der Waals surface area contributed by atoms with Gasteiger partial charge in [-0.25, -0.2) is 4.79 Å². The number of aliphatic hydroxyl groups excluding tert-OH is 2. The molecule has 2 rings (SSSR count). The van der Waals surface area contributed by atoms with Gasteiger partial charge in [0.05, 0.1) is 6.61 Å². The molecular formula is C12H20N3O7P. The third kappa shape index (κ3) is 3.79. The van der Waals surface area contributed by atoms with Gasteiger partial charge in [0.1, 0.15) is 30.5 Å². The van der Waals surface area contributed by atoms with Crippen LogP contribution in [-0.4, -0.2) is 62.6 Å². The molecule has 5 N–H and O–H groups in total. The average molecular weight is 349 g/mol. The molecule has 10 nitrogen and oxygen atoms in total. The monoisotopic (exact) mass is 349 g/mol. The van der Waals surface area contributed by atoms with Crippen molar-refractivity contribution in [2.24, 2.45) is 0 Å². The largest absolute Gasteiger partial charge is 0.387 e. The Labute approximate surface area is 131 Å². The van der Waals surface area contributed by atoms with Crippen LogP contribution in [0.2, 0.25) is 0 Å². The van der Waals surface area contributed by atoms with Gasteiger partial charge in [0.15, 0.2) is 5.72 Å². The van der Waals surface area contributed by atoms with Crippen LogP contribution in [0.5, 0.6) is 0 Å². The summed E-state index contributed by atoms with van der Waals surface area (Å²) < 4.78 is 22.8. The van der Waals surface area contributed by atoms with Crippen molar-refractivity contribution in [3.05, 3.63) is 22.7 Å². The summed E-state index contributed by atoms with van der Waals surface area (Å²) >= 11 is 0. The molecule has 1 aliphatic heterocycles. The normalized spacial score (nSPS) is 33.5. The molecule has 2 unspecified atom stereocenters. The van der Waals surface area contributed by atoms with Gasteiger partial charge in [0, 0.05) is 12.9 Å². The highest BCUT2D eigenvalue weighted by molar-refractivity contribution is 7.56. The number of aromatic nitrogens is 2. The minimum atomic E-state index is -3.36. The first-order chi connectivity index (χ1) is 10.5. The van der Waals surface area contributed by atoms with Crippen LogP contribution in [0.1, 0.15) is 6.92 Å². The molecule has 11 heteroatoms. The van der Waals surface area contributed by atoms with Crippen molar-refractivity contribution in [2.45, 2.75) is 31.0 Å². The molecule has 23 heavy (non-hydrogen) atoms. The first kappa shape index (κ1) is 18.1. The molecular weight excluding hydrogens is 329 g/mol. The highest BCUT2D eigenvalue weighted by atomic mass is 31.2. The summed E-state index contributed by atoms with van der Waals surface area (Å²) in [5.41, 5.74) is 3.11. The molecule has 1 aliphatic rings. The van der Waals surface area contributed by atoms with Crippen LogP contribution in [0.4, 0.5) is 5.82 Å². The van der Waals surface area contributed by atoms with Gasteiger partial charge in [-0.3, -0.25) is 9.13 Å². The van der Waals surface area contributed by atoms with E-state index in [1.165, 1.54) is 19.2 Å². The number of aliphatic hydroxyl groups is 2. The maximum atomic E-state index is 11.9. The quantitative estimate of drug-likeness (QED) is 0.464. The van der Waals surface area contributed by atoms with Crippen LogP contribution in [0.15, 0.2) is 17.1 Å². The second-order valence-electron chi connectivity index (χ2n) is 5.70. The van der Waals surface area contributed by atoms with E-state index >= 15 is 0 Å². The molecule has 0 saturated carbocycles. The second-order valence-corrected chi connectivity index (χ2v) is 8.06. The molecule has 0 radical (unpaired) electrons. The number of hydrogen-bond donors (Lipinski definition) is 4. The molecule has 130 valence electrons. The van der Waals surface area contributed by atoms with Crippen molar-refractivity contribution < 1.29 is 29.1 Å². The third-order valence-corrected chi connectivity index (χ3v) is 4.22. The van der Waals surface area contributed by atoms with E-state index in [0.29, 0.717) is 0 Å². The van der Waals surface area contributed by atoms with Gasteiger partial charge in [-0.05, 0) is 13.0 Å². The molecule has 1 aromatic rings. The van der Waals surface area contributed by atoms with Gasteiger partial charge < -0.3 is 30.3 Å². The van der Waals surface area contributed by atoms with Crippen LogP contribution in [-0.2, 0) is 19.8 Å². The van der Waals surface area contributed by atoms with E-state index < -0.39 is 43.4 Å². The minimum absolute atomic E-state index is 0.0180. The molecule has 1 aromatic heterocycles. The van der Waals surface area contributed by atoms with Gasteiger partial charge in [0.2, 0.25) is 7.37 Å². The number of ether oxygens (including phenoxy) is 2. The number of nitrogen functional groups attached to an aromatic ring is 1. The standard InChI is InChI=1S/C12H20N3O7P/c1-12(15-4-3-8(13)14-11(15)18)10(17)9(16)7(22-12)5-21-6-23(2,19)20/h3-4,7,9-10,16-17H,5-6H2,1-2H3,(H,19,20)(H2,13,14,18)/t7-,9+,10?,12-/m1/s1. The SMILES string of the molecule is C[C@@]1(n2ccc(N)nc2=O)O[C@H](COCP(C)(=O)O)[C@H](O)C1O. The molecule has 1 saturated heterocycles. The van der Waals surface area contributed by atoms with Crippen LogP contribution in [0.3, 0.4) is 0 Å². The van der Waals surface area contributed by atoms with E-state index in [9.17, 15) is 19.6 Å². The Bertz CT molecular complexity index is 675. The smallest absolute Gasteiger partial charge is 0.351 e. The van der Waals surface area contributed by atoms with Gasteiger partial charge in [-0.2, -0.15) is 4.98 Å². The van der Waals surface area contributed by atoms with Crippen molar-refractivity contribution in [1.29, 1.82) is 0 Å². The average Bonchev–Trinajstić information content (AvgIpc) is 2.62. The summed E-state index contributed by atoms with van der Waals surface area (Å²) in [5, 5.41) is 20.3. The maximum absolute atomic E-state index is 11.9. The highest BCUT2D eigenvalue weighted by Crippen LogP contribution is 2.37. The number of nitrogens with two attached hydrogens (primary N) is 1. The minimum Gasteiger partial charge on any atom is -0.387 e. The zero-order valence-electron chi connectivity index (χ0n) is 12.7. The number of anilines is 1. The summed E-state index contributed by atoms with van der Waals surface area (Å²) in [5.74, 6) is 0.0180. The number of nitrogens with zero attached hydrogens (tertiary/aromatic N) is 2. The molecule has 5 atom stereocenters. The molecule has 0 bridgehead atoms. The maximum Gasteiger partial charge on any atom is 0.351 e.